The summed E-state index contributed by atoms with van der Waals surface area (Å²) in [6, 6.07) is 12.0. The maximum Gasteiger partial charge on any atom is 0.252 e. The monoisotopic (exact) mass is 484 g/mol. The van der Waals surface area contributed by atoms with Crippen molar-refractivity contribution in [3.05, 3.63) is 63.1 Å². The number of carbonyl (C=O) groups excluding carboxylic acids is 1. The van der Waals surface area contributed by atoms with E-state index in [0.29, 0.717) is 16.0 Å². The van der Waals surface area contributed by atoms with Gasteiger partial charge in [-0.1, -0.05) is 37.6 Å². The Bertz CT molecular complexity index is 1000. The number of hydrogen-bond donors (Lipinski definition) is 2. The minimum absolute atomic E-state index is 0.00409. The molecule has 0 aromatic heterocycles. The maximum absolute atomic E-state index is 12.7. The van der Waals surface area contributed by atoms with Crippen LogP contribution in [0.2, 0.25) is 5.02 Å². The summed E-state index contributed by atoms with van der Waals surface area (Å²) in [5.74, 6) is -0.342. The molecule has 0 atom stereocenters. The van der Waals surface area contributed by atoms with Crippen LogP contribution in [-0.4, -0.2) is 26.9 Å². The average Bonchev–Trinajstić information content (AvgIpc) is 3.43. The van der Waals surface area contributed by atoms with Gasteiger partial charge in [-0.05, 0) is 64.7 Å². The second-order valence-electron chi connectivity index (χ2n) is 7.61. The summed E-state index contributed by atoms with van der Waals surface area (Å²) < 4.78 is 28.0. The zero-order valence-corrected chi connectivity index (χ0v) is 18.8. The quantitative estimate of drug-likeness (QED) is 0.615. The highest BCUT2D eigenvalue weighted by Gasteiger charge is 2.29. The molecule has 150 valence electrons. The second-order valence-corrected chi connectivity index (χ2v) is 10.6. The lowest BCUT2D eigenvalue weighted by molar-refractivity contribution is 0.0944. The fraction of sp³-hybridized carbons (Fsp3) is 0.350. The number of carbonyl (C=O) groups is 1. The van der Waals surface area contributed by atoms with E-state index in [1.807, 2.05) is 32.0 Å². The number of sulfonamides is 1. The van der Waals surface area contributed by atoms with Gasteiger partial charge < -0.3 is 5.32 Å². The summed E-state index contributed by atoms with van der Waals surface area (Å²) in [5, 5.41) is 3.54. The van der Waals surface area contributed by atoms with E-state index >= 15 is 0 Å². The second kappa shape index (κ2) is 8.14. The minimum atomic E-state index is -3.63. The number of rotatable bonds is 7. The first-order valence-corrected chi connectivity index (χ1v) is 11.6. The van der Waals surface area contributed by atoms with E-state index in [0.717, 1.165) is 18.4 Å². The molecule has 3 rings (SSSR count). The lowest BCUT2D eigenvalue weighted by atomic mass is 9.84. The molecule has 0 heterocycles. The summed E-state index contributed by atoms with van der Waals surface area (Å²) in [6.45, 7) is 4.39. The molecule has 5 nitrogen and oxygen atoms in total. The first kappa shape index (κ1) is 21.3. The standard InChI is InChI=1S/C20H22BrClN2O3S/c1-20(2,13-4-3-5-14(22)10-13)12-23-19(25)17-11-16(8-9-18(17)21)28(26,27)24-15-6-7-15/h3-5,8-11,15,24H,6-7,12H2,1-2H3,(H,23,25). The van der Waals surface area contributed by atoms with E-state index in [4.69, 9.17) is 11.6 Å². The molecule has 28 heavy (non-hydrogen) atoms. The Hall–Kier alpha value is -1.41. The number of hydrogen-bond acceptors (Lipinski definition) is 3. The number of amides is 1. The minimum Gasteiger partial charge on any atom is -0.351 e. The van der Waals surface area contributed by atoms with Gasteiger partial charge in [-0.3, -0.25) is 4.79 Å². The molecular weight excluding hydrogens is 464 g/mol. The zero-order chi connectivity index (χ0) is 20.5. The molecule has 1 amide bonds. The van der Waals surface area contributed by atoms with Crippen molar-refractivity contribution in [2.75, 3.05) is 6.54 Å². The molecule has 0 aliphatic heterocycles. The third kappa shape index (κ3) is 5.14. The molecule has 2 N–H and O–H groups in total. The van der Waals surface area contributed by atoms with Gasteiger partial charge >= 0.3 is 0 Å². The Morgan fingerprint density at radius 2 is 1.93 bits per heavy atom. The van der Waals surface area contributed by atoms with Gasteiger partial charge in [0, 0.05) is 27.5 Å². The summed E-state index contributed by atoms with van der Waals surface area (Å²) in [7, 11) is -3.63. The van der Waals surface area contributed by atoms with Gasteiger partial charge in [0.1, 0.15) is 0 Å². The van der Waals surface area contributed by atoms with Gasteiger partial charge in [0.25, 0.3) is 5.91 Å². The molecule has 0 unspecified atom stereocenters. The van der Waals surface area contributed by atoms with Crippen LogP contribution in [0.15, 0.2) is 51.8 Å². The van der Waals surface area contributed by atoms with E-state index in [2.05, 4.69) is 26.0 Å². The van der Waals surface area contributed by atoms with Crippen LogP contribution in [0.4, 0.5) is 0 Å². The first-order valence-electron chi connectivity index (χ1n) is 8.95. The molecule has 1 aliphatic rings. The third-order valence-corrected chi connectivity index (χ3v) is 7.13. The molecule has 2 aromatic rings. The largest absolute Gasteiger partial charge is 0.351 e. The van der Waals surface area contributed by atoms with Crippen molar-refractivity contribution in [3.8, 4) is 0 Å². The van der Waals surface area contributed by atoms with Crippen LogP contribution in [0.5, 0.6) is 0 Å². The van der Waals surface area contributed by atoms with Gasteiger partial charge in [0.05, 0.1) is 10.5 Å². The molecule has 2 aromatic carbocycles. The fourth-order valence-corrected chi connectivity index (χ4v) is 4.69. The van der Waals surface area contributed by atoms with Crippen molar-refractivity contribution in [1.29, 1.82) is 0 Å². The molecule has 8 heteroatoms. The Morgan fingerprint density at radius 3 is 2.57 bits per heavy atom. The van der Waals surface area contributed by atoms with Crippen LogP contribution >= 0.6 is 27.5 Å². The van der Waals surface area contributed by atoms with Crippen molar-refractivity contribution in [2.24, 2.45) is 0 Å². The van der Waals surface area contributed by atoms with Crippen molar-refractivity contribution in [1.82, 2.24) is 10.0 Å². The highest BCUT2D eigenvalue weighted by atomic mass is 79.9. The average molecular weight is 486 g/mol. The Kier molecular flexibility index (Phi) is 6.20. The molecule has 1 fully saturated rings. The van der Waals surface area contributed by atoms with Crippen LogP contribution in [-0.2, 0) is 15.4 Å². The Labute approximate surface area is 179 Å². The molecular formula is C20H22BrClN2O3S. The van der Waals surface area contributed by atoms with Crippen LogP contribution in [0.3, 0.4) is 0 Å². The van der Waals surface area contributed by atoms with Crippen molar-refractivity contribution < 1.29 is 13.2 Å². The normalized spacial score (nSPS) is 14.7. The van der Waals surface area contributed by atoms with Crippen LogP contribution in [0.25, 0.3) is 0 Å². The fourth-order valence-electron chi connectivity index (χ4n) is 2.74. The summed E-state index contributed by atoms with van der Waals surface area (Å²) in [6.07, 6.45) is 1.70. The van der Waals surface area contributed by atoms with Gasteiger partial charge in [0.15, 0.2) is 0 Å². The van der Waals surface area contributed by atoms with E-state index in [-0.39, 0.29) is 27.8 Å². The number of halogens is 2. The zero-order valence-electron chi connectivity index (χ0n) is 15.6. The van der Waals surface area contributed by atoms with Gasteiger partial charge in [-0.25, -0.2) is 13.1 Å². The van der Waals surface area contributed by atoms with E-state index in [1.54, 1.807) is 12.1 Å². The van der Waals surface area contributed by atoms with Crippen LogP contribution in [0, 0.1) is 0 Å². The molecule has 0 bridgehead atoms. The Balaban J connectivity index is 1.76. The molecule has 0 spiro atoms. The SMILES string of the molecule is CC(C)(CNC(=O)c1cc(S(=O)(=O)NC2CC2)ccc1Br)c1cccc(Cl)c1. The van der Waals surface area contributed by atoms with Gasteiger partial charge in [0.2, 0.25) is 10.0 Å². The summed E-state index contributed by atoms with van der Waals surface area (Å²) >= 11 is 9.42. The molecule has 1 saturated carbocycles. The molecule has 1 aliphatic carbocycles. The predicted molar refractivity (Wildman–Crippen MR) is 114 cm³/mol. The van der Waals surface area contributed by atoms with Crippen LogP contribution in [0.1, 0.15) is 42.6 Å². The molecule has 0 saturated heterocycles. The smallest absolute Gasteiger partial charge is 0.252 e. The maximum atomic E-state index is 12.7. The summed E-state index contributed by atoms with van der Waals surface area (Å²) in [4.78, 5) is 12.8. The van der Waals surface area contributed by atoms with Gasteiger partial charge in [-0.2, -0.15) is 0 Å². The van der Waals surface area contributed by atoms with Crippen LogP contribution < -0.4 is 10.0 Å². The van der Waals surface area contributed by atoms with Gasteiger partial charge in [-0.15, -0.1) is 0 Å². The number of nitrogens with one attached hydrogen (secondary N) is 2. The van der Waals surface area contributed by atoms with Crippen molar-refractivity contribution >= 4 is 43.5 Å². The first-order chi connectivity index (χ1) is 13.1. The highest BCUT2D eigenvalue weighted by molar-refractivity contribution is 9.10. The van der Waals surface area contributed by atoms with E-state index < -0.39 is 10.0 Å². The van der Waals surface area contributed by atoms with E-state index in [9.17, 15) is 13.2 Å². The molecule has 0 radical (unpaired) electrons. The Morgan fingerprint density at radius 1 is 1.21 bits per heavy atom. The van der Waals surface area contributed by atoms with Crippen molar-refractivity contribution in [3.63, 3.8) is 0 Å². The third-order valence-electron chi connectivity index (χ3n) is 4.69. The lowest BCUT2D eigenvalue weighted by Crippen LogP contribution is -2.37. The number of benzene rings is 2. The predicted octanol–water partition coefficient (Wildman–Crippen LogP) is 4.25. The highest BCUT2D eigenvalue weighted by Crippen LogP contribution is 2.27. The van der Waals surface area contributed by atoms with Crippen molar-refractivity contribution in [2.45, 2.75) is 43.0 Å². The van der Waals surface area contributed by atoms with E-state index in [1.165, 1.54) is 12.1 Å². The lowest BCUT2D eigenvalue weighted by Gasteiger charge is -2.26. The topological polar surface area (TPSA) is 75.3 Å². The summed E-state index contributed by atoms with van der Waals surface area (Å²) in [5.41, 5.74) is 0.939.